The van der Waals surface area contributed by atoms with Crippen LogP contribution in [0.3, 0.4) is 0 Å². The Morgan fingerprint density at radius 1 is 1.26 bits per heavy atom. The van der Waals surface area contributed by atoms with Crippen molar-refractivity contribution in [1.29, 1.82) is 0 Å². The zero-order valence-corrected chi connectivity index (χ0v) is 14.5. The Balaban J connectivity index is 1.69. The lowest BCUT2D eigenvalue weighted by Gasteiger charge is -2.18. The zero-order valence-electron chi connectivity index (χ0n) is 14.5. The fourth-order valence-corrected chi connectivity index (χ4v) is 3.62. The summed E-state index contributed by atoms with van der Waals surface area (Å²) in [7, 11) is 1.93. The van der Waals surface area contributed by atoms with Crippen LogP contribution in [0.5, 0.6) is 0 Å². The lowest BCUT2D eigenvalue weighted by atomic mass is 9.94. The van der Waals surface area contributed by atoms with Crippen molar-refractivity contribution >= 4 is 5.91 Å². The van der Waals surface area contributed by atoms with E-state index in [0.29, 0.717) is 12.3 Å². The monoisotopic (exact) mass is 311 g/mol. The third-order valence-electron chi connectivity index (χ3n) is 5.16. The summed E-state index contributed by atoms with van der Waals surface area (Å²) in [5, 5.41) is 4.41. The molecule has 2 heterocycles. The molecule has 0 bridgehead atoms. The summed E-state index contributed by atoms with van der Waals surface area (Å²) >= 11 is 0. The number of amides is 1. The number of hydrogen-bond acceptors (Lipinski definition) is 2. The minimum atomic E-state index is 0.222. The first-order valence-electron chi connectivity index (χ1n) is 8.29. The van der Waals surface area contributed by atoms with E-state index in [9.17, 15) is 4.79 Å². The molecule has 1 aromatic heterocycles. The lowest BCUT2D eigenvalue weighted by Crippen LogP contribution is -2.30. The molecule has 0 spiro atoms. The van der Waals surface area contributed by atoms with Crippen LogP contribution in [0.4, 0.5) is 0 Å². The van der Waals surface area contributed by atoms with Crippen molar-refractivity contribution in [2.45, 2.75) is 39.5 Å². The standard InChI is InChI=1S/C19H25N3O/c1-13-7-5-6-8-17(13)16-9-10-22(12-16)19(23)11-18-14(2)20-21(4)15(18)3/h5-8,16H,9-12H2,1-4H3. The molecule has 1 atom stereocenters. The molecular formula is C19H25N3O. The predicted molar refractivity (Wildman–Crippen MR) is 91.5 cm³/mol. The van der Waals surface area contributed by atoms with Crippen molar-refractivity contribution in [3.05, 3.63) is 52.3 Å². The van der Waals surface area contributed by atoms with Crippen molar-refractivity contribution in [3.63, 3.8) is 0 Å². The van der Waals surface area contributed by atoms with Gasteiger partial charge in [-0.3, -0.25) is 9.48 Å². The highest BCUT2D eigenvalue weighted by molar-refractivity contribution is 5.79. The Bertz CT molecular complexity index is 732. The van der Waals surface area contributed by atoms with Gasteiger partial charge < -0.3 is 4.90 Å². The summed E-state index contributed by atoms with van der Waals surface area (Å²) in [6, 6.07) is 8.52. The number of likely N-dealkylation sites (tertiary alicyclic amines) is 1. The molecule has 1 aromatic carbocycles. The molecule has 2 aromatic rings. The third kappa shape index (κ3) is 3.03. The molecule has 1 aliphatic rings. The smallest absolute Gasteiger partial charge is 0.227 e. The van der Waals surface area contributed by atoms with E-state index >= 15 is 0 Å². The molecule has 122 valence electrons. The molecule has 0 N–H and O–H groups in total. The van der Waals surface area contributed by atoms with Crippen molar-refractivity contribution in [2.75, 3.05) is 13.1 Å². The average molecular weight is 311 g/mol. The van der Waals surface area contributed by atoms with Crippen molar-refractivity contribution < 1.29 is 4.79 Å². The summed E-state index contributed by atoms with van der Waals surface area (Å²) in [6.07, 6.45) is 1.52. The summed E-state index contributed by atoms with van der Waals surface area (Å²) in [5.74, 6) is 0.691. The number of nitrogens with zero attached hydrogens (tertiary/aromatic N) is 3. The number of aromatic nitrogens is 2. The van der Waals surface area contributed by atoms with Gasteiger partial charge in [0.25, 0.3) is 0 Å². The van der Waals surface area contributed by atoms with E-state index < -0.39 is 0 Å². The Kier molecular flexibility index (Phi) is 4.24. The van der Waals surface area contributed by atoms with Gasteiger partial charge >= 0.3 is 0 Å². The van der Waals surface area contributed by atoms with Gasteiger partial charge in [0.15, 0.2) is 0 Å². The average Bonchev–Trinajstić information content (AvgIpc) is 3.09. The second-order valence-electron chi connectivity index (χ2n) is 6.63. The van der Waals surface area contributed by atoms with Gasteiger partial charge in [0, 0.05) is 37.3 Å². The second-order valence-corrected chi connectivity index (χ2v) is 6.63. The molecule has 1 saturated heterocycles. The van der Waals surface area contributed by atoms with Gasteiger partial charge in [-0.1, -0.05) is 24.3 Å². The number of carbonyl (C=O) groups excluding carboxylic acids is 1. The molecule has 1 unspecified atom stereocenters. The second kappa shape index (κ2) is 6.19. The lowest BCUT2D eigenvalue weighted by molar-refractivity contribution is -0.129. The van der Waals surface area contributed by atoms with Crippen LogP contribution in [0, 0.1) is 20.8 Å². The minimum absolute atomic E-state index is 0.222. The van der Waals surface area contributed by atoms with Crippen LogP contribution >= 0.6 is 0 Å². The molecule has 1 amide bonds. The number of rotatable bonds is 3. The van der Waals surface area contributed by atoms with Crippen LogP contribution < -0.4 is 0 Å². The van der Waals surface area contributed by atoms with Crippen LogP contribution in [0.2, 0.25) is 0 Å². The number of carbonyl (C=O) groups is 1. The maximum atomic E-state index is 12.7. The topological polar surface area (TPSA) is 38.1 Å². The number of hydrogen-bond donors (Lipinski definition) is 0. The van der Waals surface area contributed by atoms with E-state index in [1.165, 1.54) is 11.1 Å². The van der Waals surface area contributed by atoms with Gasteiger partial charge in [-0.25, -0.2) is 0 Å². The summed E-state index contributed by atoms with van der Waals surface area (Å²) in [5.41, 5.74) is 5.85. The molecule has 1 aliphatic heterocycles. The highest BCUT2D eigenvalue weighted by atomic mass is 16.2. The molecule has 4 nitrogen and oxygen atoms in total. The van der Waals surface area contributed by atoms with Crippen molar-refractivity contribution in [3.8, 4) is 0 Å². The normalized spacial score (nSPS) is 17.7. The van der Waals surface area contributed by atoms with Gasteiger partial charge in [-0.05, 0) is 38.3 Å². The molecule has 3 rings (SSSR count). The zero-order chi connectivity index (χ0) is 16.6. The first-order chi connectivity index (χ1) is 11.0. The summed E-state index contributed by atoms with van der Waals surface area (Å²) in [4.78, 5) is 14.7. The molecule has 1 fully saturated rings. The highest BCUT2D eigenvalue weighted by Gasteiger charge is 2.28. The van der Waals surface area contributed by atoms with E-state index in [4.69, 9.17) is 0 Å². The Morgan fingerprint density at radius 2 is 2.00 bits per heavy atom. The summed E-state index contributed by atoms with van der Waals surface area (Å²) in [6.45, 7) is 7.86. The quantitative estimate of drug-likeness (QED) is 0.874. The van der Waals surface area contributed by atoms with E-state index in [1.807, 2.05) is 30.5 Å². The van der Waals surface area contributed by atoms with Crippen molar-refractivity contribution in [1.82, 2.24) is 14.7 Å². The van der Waals surface area contributed by atoms with Crippen LogP contribution in [-0.2, 0) is 18.3 Å². The van der Waals surface area contributed by atoms with Crippen molar-refractivity contribution in [2.24, 2.45) is 7.05 Å². The third-order valence-corrected chi connectivity index (χ3v) is 5.16. The summed E-state index contributed by atoms with van der Waals surface area (Å²) < 4.78 is 1.86. The predicted octanol–water partition coefficient (Wildman–Crippen LogP) is 2.90. The van der Waals surface area contributed by atoms with Crippen LogP contribution in [-0.4, -0.2) is 33.7 Å². The molecular weight excluding hydrogens is 286 g/mol. The SMILES string of the molecule is Cc1ccccc1C1CCN(C(=O)Cc2c(C)nn(C)c2C)C1. The fourth-order valence-electron chi connectivity index (χ4n) is 3.62. The number of aryl methyl sites for hydroxylation is 3. The molecule has 23 heavy (non-hydrogen) atoms. The van der Waals surface area contributed by atoms with Crippen LogP contribution in [0.1, 0.15) is 40.4 Å². The van der Waals surface area contributed by atoms with Crippen LogP contribution in [0.25, 0.3) is 0 Å². The molecule has 0 aliphatic carbocycles. The van der Waals surface area contributed by atoms with E-state index in [2.05, 4.69) is 36.3 Å². The minimum Gasteiger partial charge on any atom is -0.342 e. The number of benzene rings is 1. The largest absolute Gasteiger partial charge is 0.342 e. The molecule has 0 saturated carbocycles. The maximum Gasteiger partial charge on any atom is 0.227 e. The van der Waals surface area contributed by atoms with Gasteiger partial charge in [-0.2, -0.15) is 5.10 Å². The van der Waals surface area contributed by atoms with Gasteiger partial charge in [-0.15, -0.1) is 0 Å². The molecule has 0 radical (unpaired) electrons. The maximum absolute atomic E-state index is 12.7. The van der Waals surface area contributed by atoms with E-state index in [0.717, 1.165) is 36.5 Å². The van der Waals surface area contributed by atoms with E-state index in [1.54, 1.807) is 0 Å². The Morgan fingerprint density at radius 3 is 2.65 bits per heavy atom. The highest BCUT2D eigenvalue weighted by Crippen LogP contribution is 2.29. The van der Waals surface area contributed by atoms with Gasteiger partial charge in [0.1, 0.15) is 0 Å². The Labute approximate surface area is 138 Å². The van der Waals surface area contributed by atoms with Gasteiger partial charge in [0.2, 0.25) is 5.91 Å². The van der Waals surface area contributed by atoms with Gasteiger partial charge in [0.05, 0.1) is 12.1 Å². The molecule has 4 heteroatoms. The Hall–Kier alpha value is -2.10. The first-order valence-corrected chi connectivity index (χ1v) is 8.29. The first kappa shape index (κ1) is 15.8. The van der Waals surface area contributed by atoms with Crippen LogP contribution in [0.15, 0.2) is 24.3 Å². The van der Waals surface area contributed by atoms with E-state index in [-0.39, 0.29) is 5.91 Å². The fraction of sp³-hybridized carbons (Fsp3) is 0.474.